The maximum Gasteiger partial charge on any atom is 0.198 e. The Balaban J connectivity index is 2.07. The van der Waals surface area contributed by atoms with Crippen LogP contribution >= 0.6 is 25.2 Å². The van der Waals surface area contributed by atoms with Crippen molar-refractivity contribution in [1.82, 2.24) is 0 Å². The van der Waals surface area contributed by atoms with Crippen molar-refractivity contribution in [2.45, 2.75) is 0 Å². The van der Waals surface area contributed by atoms with Crippen molar-refractivity contribution in [3.8, 4) is 0 Å². The van der Waals surface area contributed by atoms with Gasteiger partial charge >= 0.3 is 0 Å². The molecule has 0 fully saturated rings. The molecule has 0 nitrogen and oxygen atoms in total. The summed E-state index contributed by atoms with van der Waals surface area (Å²) in [5, 5.41) is 5.20. The van der Waals surface area contributed by atoms with Gasteiger partial charge in [-0.05, 0) is 59.8 Å². The van der Waals surface area contributed by atoms with Gasteiger partial charge in [0.25, 0.3) is 0 Å². The maximum atomic E-state index is 7.45. The van der Waals surface area contributed by atoms with Gasteiger partial charge in [0.2, 0.25) is 0 Å². The zero-order valence-corrected chi connectivity index (χ0v) is 17.4. The number of hydrogen-bond acceptors (Lipinski definition) is 0. The summed E-state index contributed by atoms with van der Waals surface area (Å²) in [6.45, 7) is -3.00. The first-order valence-electron chi connectivity index (χ1n) is 8.91. The first-order valence-corrected chi connectivity index (χ1v) is 13.6. The van der Waals surface area contributed by atoms with Crippen LogP contribution in [0, 0.1) is 0 Å². The first-order chi connectivity index (χ1) is 13.3. The molecule has 27 heavy (non-hydrogen) atoms. The van der Waals surface area contributed by atoms with E-state index >= 15 is 0 Å². The van der Waals surface area contributed by atoms with E-state index in [0.717, 1.165) is 0 Å². The molecule has 0 amide bonds. The molecule has 4 rings (SSSR count). The van der Waals surface area contributed by atoms with Crippen molar-refractivity contribution in [3.05, 3.63) is 121 Å². The summed E-state index contributed by atoms with van der Waals surface area (Å²) in [5.74, 6) is 0. The Hall–Kier alpha value is -1.97. The quantitative estimate of drug-likeness (QED) is 0.365. The smallest absolute Gasteiger partial charge is 0.0622 e. The van der Waals surface area contributed by atoms with E-state index in [1.807, 2.05) is 0 Å². The van der Waals surface area contributed by atoms with Crippen molar-refractivity contribution in [1.29, 1.82) is 0 Å². The maximum absolute atomic E-state index is 7.45. The van der Waals surface area contributed by atoms with E-state index in [2.05, 4.69) is 121 Å². The predicted molar refractivity (Wildman–Crippen MR) is 124 cm³/mol. The van der Waals surface area contributed by atoms with E-state index < -0.39 is 13.9 Å². The minimum Gasteiger partial charge on any atom is -0.0622 e. The van der Waals surface area contributed by atoms with Crippen LogP contribution in [0.15, 0.2) is 121 Å². The third-order valence-corrected chi connectivity index (χ3v) is 16.0. The highest BCUT2D eigenvalue weighted by atomic mass is 35.7. The molecule has 0 heterocycles. The second-order valence-electron chi connectivity index (χ2n) is 6.24. The fraction of sp³-hybridized carbons (Fsp3) is 0. The standard InChI is InChI=1S/C24H20ClP2/c25-26(21-13-5-1-6-14-21)27(22-15-7-2-8-16-22,23-17-9-3-10-18-23)24-19-11-4-12-20-24/h1-20H/q+1. The fourth-order valence-corrected chi connectivity index (χ4v) is 14.6. The molecule has 3 heteroatoms. The monoisotopic (exact) mass is 405 g/mol. The van der Waals surface area contributed by atoms with Crippen molar-refractivity contribution in [2.24, 2.45) is 0 Å². The lowest BCUT2D eigenvalue weighted by molar-refractivity contribution is 1.73. The molecule has 0 aliphatic rings. The molecule has 1 atom stereocenters. The van der Waals surface area contributed by atoms with Crippen LogP contribution in [0.25, 0.3) is 0 Å². The summed E-state index contributed by atoms with van der Waals surface area (Å²) in [6, 6.07) is 43.0. The molecule has 0 bridgehead atoms. The van der Waals surface area contributed by atoms with Gasteiger partial charge in [-0.25, -0.2) is 0 Å². The third-order valence-electron chi connectivity index (χ3n) is 4.62. The molecule has 0 N–H and O–H groups in total. The molecule has 0 radical (unpaired) electrons. The molecule has 4 aromatic carbocycles. The summed E-state index contributed by atoms with van der Waals surface area (Å²) >= 11 is 7.45. The van der Waals surface area contributed by atoms with Crippen LogP contribution in [0.5, 0.6) is 0 Å². The predicted octanol–water partition coefficient (Wildman–Crippen LogP) is 5.86. The average Bonchev–Trinajstić information content (AvgIpc) is 2.77. The molecule has 0 aromatic heterocycles. The van der Waals surface area contributed by atoms with E-state index in [0.29, 0.717) is 0 Å². The molecule has 1 unspecified atom stereocenters. The topological polar surface area (TPSA) is 0 Å². The molecular formula is C24H20ClP2+. The van der Waals surface area contributed by atoms with Crippen LogP contribution in [0.1, 0.15) is 0 Å². The van der Waals surface area contributed by atoms with Gasteiger partial charge in [0, 0.05) is 5.30 Å². The van der Waals surface area contributed by atoms with Gasteiger partial charge in [-0.1, -0.05) is 72.8 Å². The van der Waals surface area contributed by atoms with Gasteiger partial charge in [-0.2, -0.15) is 0 Å². The van der Waals surface area contributed by atoms with Crippen molar-refractivity contribution in [2.75, 3.05) is 0 Å². The number of benzene rings is 4. The van der Waals surface area contributed by atoms with Crippen LogP contribution < -0.4 is 21.2 Å². The summed E-state index contributed by atoms with van der Waals surface area (Å²) in [4.78, 5) is 0. The SMILES string of the molecule is ClP(c1ccccc1)[P+](c1ccccc1)(c1ccccc1)c1ccccc1. The Labute approximate surface area is 167 Å². The van der Waals surface area contributed by atoms with E-state index in [4.69, 9.17) is 11.2 Å². The highest BCUT2D eigenvalue weighted by Gasteiger charge is 2.53. The largest absolute Gasteiger partial charge is 0.198 e. The fourth-order valence-electron chi connectivity index (χ4n) is 3.41. The van der Waals surface area contributed by atoms with Gasteiger partial charge < -0.3 is 0 Å². The number of rotatable bonds is 5. The Morgan fingerprint density at radius 2 is 0.741 bits per heavy atom. The van der Waals surface area contributed by atoms with Crippen LogP contribution in [0.4, 0.5) is 0 Å². The van der Waals surface area contributed by atoms with Crippen LogP contribution in [0.3, 0.4) is 0 Å². The molecule has 0 aliphatic carbocycles. The van der Waals surface area contributed by atoms with Crippen LogP contribution in [-0.4, -0.2) is 0 Å². The molecule has 0 spiro atoms. The highest BCUT2D eigenvalue weighted by Crippen LogP contribution is 2.83. The second-order valence-corrected chi connectivity index (χ2v) is 14.8. The zero-order chi connectivity index (χ0) is 18.5. The van der Waals surface area contributed by atoms with Gasteiger partial charge in [-0.3, -0.25) is 0 Å². The lowest BCUT2D eigenvalue weighted by atomic mass is 10.4. The molecular weight excluding hydrogens is 386 g/mol. The van der Waals surface area contributed by atoms with E-state index in [-0.39, 0.29) is 0 Å². The summed E-state index contributed by atoms with van der Waals surface area (Å²) in [5.41, 5.74) is 0. The van der Waals surface area contributed by atoms with Crippen molar-refractivity contribution < 1.29 is 0 Å². The average molecular weight is 406 g/mol. The molecule has 132 valence electrons. The Morgan fingerprint density at radius 1 is 0.444 bits per heavy atom. The molecule has 0 aliphatic heterocycles. The van der Waals surface area contributed by atoms with E-state index in [1.165, 1.54) is 21.2 Å². The van der Waals surface area contributed by atoms with Crippen LogP contribution in [-0.2, 0) is 0 Å². The molecule has 0 saturated carbocycles. The van der Waals surface area contributed by atoms with E-state index in [9.17, 15) is 0 Å². The summed E-state index contributed by atoms with van der Waals surface area (Å²) < 4.78 is 0. The highest BCUT2D eigenvalue weighted by molar-refractivity contribution is 8.58. The number of halogens is 1. The summed E-state index contributed by atoms with van der Waals surface area (Å²) in [6.07, 6.45) is 0. The number of hydrogen-bond donors (Lipinski definition) is 0. The van der Waals surface area contributed by atoms with Gasteiger partial charge in [0.15, 0.2) is 6.96 Å². The third kappa shape index (κ3) is 3.46. The molecule has 4 aromatic rings. The first kappa shape index (κ1) is 18.4. The lowest BCUT2D eigenvalue weighted by Crippen LogP contribution is -2.30. The second kappa shape index (κ2) is 8.37. The van der Waals surface area contributed by atoms with Gasteiger partial charge in [-0.15, -0.1) is 0 Å². The van der Waals surface area contributed by atoms with E-state index in [1.54, 1.807) is 0 Å². The van der Waals surface area contributed by atoms with Crippen molar-refractivity contribution in [3.63, 3.8) is 0 Å². The van der Waals surface area contributed by atoms with Crippen LogP contribution in [0.2, 0.25) is 0 Å². The van der Waals surface area contributed by atoms with Gasteiger partial charge in [0.1, 0.15) is 22.9 Å². The zero-order valence-electron chi connectivity index (χ0n) is 14.8. The van der Waals surface area contributed by atoms with Crippen molar-refractivity contribution >= 4 is 46.4 Å². The summed E-state index contributed by atoms with van der Waals surface area (Å²) in [7, 11) is 0. The normalized spacial score (nSPS) is 12.5. The Kier molecular flexibility index (Phi) is 5.70. The lowest BCUT2D eigenvalue weighted by Gasteiger charge is -2.30. The Bertz CT molecular complexity index is 877. The minimum atomic E-state index is -2.04. The molecule has 0 saturated heterocycles. The van der Waals surface area contributed by atoms with Gasteiger partial charge in [0.05, 0.1) is 0 Å². The minimum absolute atomic E-state index is 0.969. The Morgan fingerprint density at radius 3 is 1.07 bits per heavy atom.